The van der Waals surface area contributed by atoms with Gasteiger partial charge in [-0.1, -0.05) is 44.2 Å². The van der Waals surface area contributed by atoms with Crippen LogP contribution in [0.25, 0.3) is 0 Å². The molecule has 1 heterocycles. The van der Waals surface area contributed by atoms with Crippen LogP contribution in [-0.2, 0) is 16.1 Å². The van der Waals surface area contributed by atoms with E-state index in [0.717, 1.165) is 5.56 Å². The van der Waals surface area contributed by atoms with Crippen molar-refractivity contribution in [3.8, 4) is 0 Å². The molecule has 0 aliphatic carbocycles. The first-order valence-electron chi connectivity index (χ1n) is 8.48. The molecule has 1 aliphatic rings. The van der Waals surface area contributed by atoms with Crippen molar-refractivity contribution in [3.63, 3.8) is 0 Å². The highest BCUT2D eigenvalue weighted by atomic mass is 16.5. The molecule has 0 saturated carbocycles. The maximum atomic E-state index is 12.3. The van der Waals surface area contributed by atoms with Gasteiger partial charge in [0, 0.05) is 6.20 Å². The van der Waals surface area contributed by atoms with Gasteiger partial charge in [0.05, 0.1) is 11.2 Å². The average Bonchev–Trinajstić information content (AvgIpc) is 3.10. The van der Waals surface area contributed by atoms with Gasteiger partial charge in [-0.15, -0.1) is 5.53 Å². The first kappa shape index (κ1) is 19.6. The summed E-state index contributed by atoms with van der Waals surface area (Å²) in [5.74, 6) is -0.939. The van der Waals surface area contributed by atoms with Crippen LogP contribution in [-0.4, -0.2) is 33.8 Å². The van der Waals surface area contributed by atoms with Gasteiger partial charge in [-0.25, -0.2) is 9.59 Å². The lowest BCUT2D eigenvalue weighted by molar-refractivity contribution is -0.142. The molecule has 142 valence electrons. The van der Waals surface area contributed by atoms with E-state index in [1.54, 1.807) is 13.1 Å². The summed E-state index contributed by atoms with van der Waals surface area (Å²) in [6.07, 6.45) is 1.11. The standard InChI is InChI=1S/C18H26N4O4/c1-12(2)18(4,15-10-22(21-20-15)13(3)16(23)24)19-17(25)26-11-14-8-6-5-7-9-14/h5-10,12-13,20-21H,11H2,1-4H3,(H,19,25)(H,23,24)/t13-,18-/m0/s1. The van der Waals surface area contributed by atoms with E-state index in [1.165, 1.54) is 5.01 Å². The molecule has 2 rings (SSSR count). The molecule has 0 fully saturated rings. The summed E-state index contributed by atoms with van der Waals surface area (Å²) in [6, 6.07) is 8.66. The van der Waals surface area contributed by atoms with E-state index in [4.69, 9.17) is 9.84 Å². The number of benzene rings is 1. The number of amides is 1. The summed E-state index contributed by atoms with van der Waals surface area (Å²) < 4.78 is 5.31. The topological polar surface area (TPSA) is 103 Å². The van der Waals surface area contributed by atoms with Crippen LogP contribution in [0.5, 0.6) is 0 Å². The Morgan fingerprint density at radius 3 is 2.50 bits per heavy atom. The molecule has 1 aromatic rings. The van der Waals surface area contributed by atoms with Gasteiger partial charge in [0.25, 0.3) is 0 Å². The number of nitrogens with one attached hydrogen (secondary N) is 3. The van der Waals surface area contributed by atoms with Crippen LogP contribution in [0.15, 0.2) is 42.2 Å². The van der Waals surface area contributed by atoms with Crippen molar-refractivity contribution in [1.29, 1.82) is 0 Å². The van der Waals surface area contributed by atoms with Crippen LogP contribution in [0.2, 0.25) is 0 Å². The number of alkyl carbamates (subject to hydrolysis) is 1. The number of carbonyl (C=O) groups excluding carboxylic acids is 1. The van der Waals surface area contributed by atoms with Crippen molar-refractivity contribution in [2.45, 2.75) is 45.9 Å². The Morgan fingerprint density at radius 1 is 1.27 bits per heavy atom. The number of ether oxygens (including phenoxy) is 1. The molecule has 2 atom stereocenters. The fourth-order valence-electron chi connectivity index (χ4n) is 2.41. The summed E-state index contributed by atoms with van der Waals surface area (Å²) in [4.78, 5) is 23.4. The maximum Gasteiger partial charge on any atom is 0.408 e. The Kier molecular flexibility index (Phi) is 6.10. The van der Waals surface area contributed by atoms with E-state index in [1.807, 2.05) is 51.1 Å². The fourth-order valence-corrected chi connectivity index (χ4v) is 2.41. The van der Waals surface area contributed by atoms with Gasteiger partial charge >= 0.3 is 12.1 Å². The highest BCUT2D eigenvalue weighted by molar-refractivity contribution is 5.73. The molecule has 4 N–H and O–H groups in total. The molecule has 26 heavy (non-hydrogen) atoms. The summed E-state index contributed by atoms with van der Waals surface area (Å²) in [5, 5.41) is 13.5. The molecule has 0 saturated heterocycles. The Bertz CT molecular complexity index is 677. The van der Waals surface area contributed by atoms with E-state index >= 15 is 0 Å². The average molecular weight is 362 g/mol. The van der Waals surface area contributed by atoms with Crippen molar-refractivity contribution in [1.82, 2.24) is 21.3 Å². The third-order valence-electron chi connectivity index (χ3n) is 4.65. The van der Waals surface area contributed by atoms with E-state index < -0.39 is 23.6 Å². The molecule has 1 aliphatic heterocycles. The Morgan fingerprint density at radius 2 is 1.92 bits per heavy atom. The molecule has 0 spiro atoms. The zero-order valence-electron chi connectivity index (χ0n) is 15.4. The van der Waals surface area contributed by atoms with E-state index in [-0.39, 0.29) is 12.5 Å². The Hall–Kier alpha value is -2.74. The molecular formula is C18H26N4O4. The first-order valence-corrected chi connectivity index (χ1v) is 8.48. The summed E-state index contributed by atoms with van der Waals surface area (Å²) in [7, 11) is 0. The second kappa shape index (κ2) is 8.09. The molecule has 1 aromatic carbocycles. The quantitative estimate of drug-likeness (QED) is 0.588. The van der Waals surface area contributed by atoms with Crippen LogP contribution in [0, 0.1) is 5.92 Å². The lowest BCUT2D eigenvalue weighted by atomic mass is 9.85. The van der Waals surface area contributed by atoms with E-state index in [2.05, 4.69) is 16.3 Å². The summed E-state index contributed by atoms with van der Waals surface area (Å²) in [5.41, 5.74) is 6.52. The Labute approximate surface area is 153 Å². The highest BCUT2D eigenvalue weighted by Crippen LogP contribution is 2.26. The third kappa shape index (κ3) is 4.45. The van der Waals surface area contributed by atoms with Crippen molar-refractivity contribution in [3.05, 3.63) is 47.8 Å². The lowest BCUT2D eigenvalue weighted by Crippen LogP contribution is -2.55. The molecular weight excluding hydrogens is 336 g/mol. The molecule has 1 amide bonds. The number of carbonyl (C=O) groups is 2. The van der Waals surface area contributed by atoms with E-state index in [0.29, 0.717) is 5.70 Å². The second-order valence-corrected chi connectivity index (χ2v) is 6.74. The largest absolute Gasteiger partial charge is 0.480 e. The van der Waals surface area contributed by atoms with Gasteiger partial charge in [0.2, 0.25) is 0 Å². The third-order valence-corrected chi connectivity index (χ3v) is 4.65. The number of hydrogen-bond acceptors (Lipinski definition) is 6. The lowest BCUT2D eigenvalue weighted by Gasteiger charge is -2.35. The van der Waals surface area contributed by atoms with Crippen LogP contribution in [0.3, 0.4) is 0 Å². The van der Waals surface area contributed by atoms with Crippen molar-refractivity contribution >= 4 is 12.1 Å². The Balaban J connectivity index is 2.05. The normalized spacial score (nSPS) is 17.1. The van der Waals surface area contributed by atoms with E-state index in [9.17, 15) is 9.59 Å². The number of hydrazine groups is 2. The maximum absolute atomic E-state index is 12.3. The van der Waals surface area contributed by atoms with Crippen LogP contribution in [0.4, 0.5) is 4.79 Å². The molecule has 0 bridgehead atoms. The van der Waals surface area contributed by atoms with Crippen molar-refractivity contribution in [2.75, 3.05) is 0 Å². The van der Waals surface area contributed by atoms with Gasteiger partial charge in [-0.05, 0) is 25.3 Å². The minimum atomic E-state index is -0.960. The van der Waals surface area contributed by atoms with Gasteiger partial charge in [-0.3, -0.25) is 5.01 Å². The van der Waals surface area contributed by atoms with Crippen molar-refractivity contribution in [2.24, 2.45) is 5.92 Å². The molecule has 0 unspecified atom stereocenters. The smallest absolute Gasteiger partial charge is 0.408 e. The van der Waals surface area contributed by atoms with Crippen LogP contribution >= 0.6 is 0 Å². The van der Waals surface area contributed by atoms with Gasteiger partial charge in [0.1, 0.15) is 12.6 Å². The molecule has 0 aromatic heterocycles. The highest BCUT2D eigenvalue weighted by Gasteiger charge is 2.38. The zero-order valence-corrected chi connectivity index (χ0v) is 15.4. The minimum absolute atomic E-state index is 0.0207. The van der Waals surface area contributed by atoms with Gasteiger partial charge < -0.3 is 20.6 Å². The molecule has 8 heteroatoms. The summed E-state index contributed by atoms with van der Waals surface area (Å²) >= 11 is 0. The van der Waals surface area contributed by atoms with Crippen LogP contribution < -0.4 is 16.3 Å². The monoisotopic (exact) mass is 362 g/mol. The fraction of sp³-hybridized carbons (Fsp3) is 0.444. The van der Waals surface area contributed by atoms with Crippen molar-refractivity contribution < 1.29 is 19.4 Å². The van der Waals surface area contributed by atoms with Gasteiger partial charge in [0.15, 0.2) is 0 Å². The second-order valence-electron chi connectivity index (χ2n) is 6.74. The molecule has 8 nitrogen and oxygen atoms in total. The number of hydrogen-bond donors (Lipinski definition) is 4. The number of carboxylic acid groups (broad SMARTS) is 1. The minimum Gasteiger partial charge on any atom is -0.480 e. The number of carboxylic acids is 1. The number of aliphatic carboxylic acids is 1. The number of nitrogens with zero attached hydrogens (tertiary/aromatic N) is 1. The predicted molar refractivity (Wildman–Crippen MR) is 96.3 cm³/mol. The predicted octanol–water partition coefficient (Wildman–Crippen LogP) is 1.97. The zero-order chi connectivity index (χ0) is 19.3. The first-order chi connectivity index (χ1) is 12.2. The van der Waals surface area contributed by atoms with Gasteiger partial charge in [-0.2, -0.15) is 0 Å². The summed E-state index contributed by atoms with van der Waals surface area (Å²) in [6.45, 7) is 7.52. The van der Waals surface area contributed by atoms with Crippen LogP contribution in [0.1, 0.15) is 33.3 Å². The molecule has 0 radical (unpaired) electrons. The number of rotatable bonds is 7. The SMILES string of the molecule is CC(C)[C@](C)(NC(=O)OCc1ccccc1)C1=CN([C@@H](C)C(=O)O)NN1.